The van der Waals surface area contributed by atoms with Crippen LogP contribution in [0.15, 0.2) is 49.1 Å². The van der Waals surface area contributed by atoms with Gasteiger partial charge >= 0.3 is 0 Å². The van der Waals surface area contributed by atoms with E-state index in [9.17, 15) is 0 Å². The van der Waals surface area contributed by atoms with Gasteiger partial charge in [0.15, 0.2) is 0 Å². The maximum absolute atomic E-state index is 9.13. The van der Waals surface area contributed by atoms with E-state index in [-0.39, 0.29) is 47.2 Å². The molecule has 0 amide bonds. The van der Waals surface area contributed by atoms with Crippen LogP contribution in [0.5, 0.6) is 0 Å². The third-order valence-electron chi connectivity index (χ3n) is 4.12. The van der Waals surface area contributed by atoms with Gasteiger partial charge in [0.1, 0.15) is 37.9 Å². The molecule has 26 heavy (non-hydrogen) atoms. The number of benzene rings is 1. The van der Waals surface area contributed by atoms with Crippen molar-refractivity contribution in [1.29, 1.82) is 0 Å². The largest absolute Gasteiger partial charge is 1.00 e. The summed E-state index contributed by atoms with van der Waals surface area (Å²) in [5.41, 5.74) is 2.45. The highest BCUT2D eigenvalue weighted by atomic mass is 79.9. The van der Waals surface area contributed by atoms with Crippen LogP contribution in [0, 0.1) is 0 Å². The molecule has 6 nitrogen and oxygen atoms in total. The average Bonchev–Trinajstić information content (AvgIpc) is 3.19. The number of rotatable bonds is 8. The number of aliphatic hydroxyl groups is 2. The first kappa shape index (κ1) is 22.6. The van der Waals surface area contributed by atoms with Crippen LogP contribution in [0.3, 0.4) is 0 Å². The standard InChI is InChI=1S/C18H22N4O2.2BrH/c23-10-8-21-6-4-19-17(21)13-15-2-1-3-16(12-15)14-18-20-5-7-22(18)9-11-24;;/h1-7,12,23-24H,8-11,13-14H2;2*1H. The average molecular weight is 488 g/mol. The minimum Gasteiger partial charge on any atom is -1.00 e. The molecule has 4 N–H and O–H groups in total. The number of halogens is 2. The summed E-state index contributed by atoms with van der Waals surface area (Å²) in [4.78, 5) is 6.49. The molecule has 0 aliphatic heterocycles. The van der Waals surface area contributed by atoms with Crippen LogP contribution in [0.2, 0.25) is 0 Å². The van der Waals surface area contributed by atoms with Crippen LogP contribution in [-0.4, -0.2) is 33.4 Å². The summed E-state index contributed by atoms with van der Waals surface area (Å²) < 4.78 is 4.07. The zero-order valence-corrected chi connectivity index (χ0v) is 17.6. The van der Waals surface area contributed by atoms with Crippen molar-refractivity contribution >= 4 is 0 Å². The Bertz CT molecular complexity index is 727. The lowest BCUT2D eigenvalue weighted by molar-refractivity contribution is -0.703. The van der Waals surface area contributed by atoms with Gasteiger partial charge in [0, 0.05) is 0 Å². The third kappa shape index (κ3) is 5.77. The second kappa shape index (κ2) is 11.3. The van der Waals surface area contributed by atoms with Gasteiger partial charge in [0.2, 0.25) is 0 Å². The molecule has 3 rings (SSSR count). The van der Waals surface area contributed by atoms with Crippen molar-refractivity contribution in [3.05, 3.63) is 71.8 Å². The van der Waals surface area contributed by atoms with E-state index in [1.807, 2.05) is 33.9 Å². The number of hydrogen-bond acceptors (Lipinski definition) is 2. The van der Waals surface area contributed by atoms with Crippen LogP contribution in [-0.2, 0) is 25.9 Å². The topological polar surface area (TPSA) is 79.8 Å². The molecule has 1 aromatic carbocycles. The number of aromatic nitrogens is 4. The molecular weight excluding hydrogens is 464 g/mol. The summed E-state index contributed by atoms with van der Waals surface area (Å²) in [6, 6.07) is 8.51. The van der Waals surface area contributed by atoms with Crippen molar-refractivity contribution in [1.82, 2.24) is 9.97 Å². The summed E-state index contributed by atoms with van der Waals surface area (Å²) in [6.45, 7) is 1.46. The van der Waals surface area contributed by atoms with E-state index in [2.05, 4.69) is 34.2 Å². The van der Waals surface area contributed by atoms with Gasteiger partial charge in [-0.1, -0.05) is 24.3 Å². The van der Waals surface area contributed by atoms with E-state index in [4.69, 9.17) is 10.2 Å². The zero-order chi connectivity index (χ0) is 16.8. The molecule has 142 valence electrons. The molecule has 0 unspecified atom stereocenters. The van der Waals surface area contributed by atoms with Crippen molar-refractivity contribution < 1.29 is 53.3 Å². The first-order valence-corrected chi connectivity index (χ1v) is 8.21. The van der Waals surface area contributed by atoms with Gasteiger partial charge in [-0.15, -0.1) is 0 Å². The first-order valence-electron chi connectivity index (χ1n) is 8.21. The van der Waals surface area contributed by atoms with E-state index < -0.39 is 0 Å². The highest BCUT2D eigenvalue weighted by molar-refractivity contribution is 5.27. The lowest BCUT2D eigenvalue weighted by atomic mass is 10.1. The zero-order valence-electron chi connectivity index (χ0n) is 14.4. The van der Waals surface area contributed by atoms with E-state index in [0.717, 1.165) is 24.5 Å². The Hall–Kier alpha value is -1.48. The van der Waals surface area contributed by atoms with Crippen LogP contribution in [0.25, 0.3) is 0 Å². The Labute approximate surface area is 174 Å². The van der Waals surface area contributed by atoms with Crippen molar-refractivity contribution in [3.63, 3.8) is 0 Å². The molecule has 3 aromatic rings. The van der Waals surface area contributed by atoms with Gasteiger partial charge in [-0.25, -0.2) is 19.1 Å². The fraction of sp³-hybridized carbons (Fsp3) is 0.333. The Kier molecular flexibility index (Phi) is 9.79. The number of H-pyrrole nitrogens is 2. The fourth-order valence-corrected chi connectivity index (χ4v) is 2.97. The Balaban J connectivity index is 0.00000169. The SMILES string of the molecule is OCC[n+]1cc[nH]c1Cc1cccc(Cc2[nH]cc[n+]2CCO)c1.[Br-].[Br-]. The summed E-state index contributed by atoms with van der Waals surface area (Å²) in [7, 11) is 0. The maximum Gasteiger partial charge on any atom is 0.258 e. The first-order chi connectivity index (χ1) is 11.8. The molecule has 0 aliphatic carbocycles. The second-order valence-electron chi connectivity index (χ2n) is 5.82. The molecule has 0 atom stereocenters. The summed E-state index contributed by atoms with van der Waals surface area (Å²) in [5.74, 6) is 2.16. The normalized spacial score (nSPS) is 10.2. The summed E-state index contributed by atoms with van der Waals surface area (Å²) in [6.07, 6.45) is 9.28. The molecule has 0 bridgehead atoms. The number of nitrogens with zero attached hydrogens (tertiary/aromatic N) is 2. The van der Waals surface area contributed by atoms with Crippen LogP contribution in [0.1, 0.15) is 22.8 Å². The van der Waals surface area contributed by atoms with Gasteiger partial charge in [-0.3, -0.25) is 0 Å². The highest BCUT2D eigenvalue weighted by Crippen LogP contribution is 2.11. The van der Waals surface area contributed by atoms with E-state index in [1.165, 1.54) is 11.1 Å². The Morgan fingerprint density at radius 3 is 1.65 bits per heavy atom. The molecule has 2 heterocycles. The lowest BCUT2D eigenvalue weighted by Gasteiger charge is -2.04. The molecular formula is C18H24Br2N4O2. The highest BCUT2D eigenvalue weighted by Gasteiger charge is 2.13. The van der Waals surface area contributed by atoms with Crippen LogP contribution in [0.4, 0.5) is 0 Å². The van der Waals surface area contributed by atoms with Gasteiger partial charge in [0.05, 0.1) is 26.1 Å². The lowest BCUT2D eigenvalue weighted by Crippen LogP contribution is -3.00. The Morgan fingerprint density at radius 1 is 0.769 bits per heavy atom. The Morgan fingerprint density at radius 2 is 1.23 bits per heavy atom. The van der Waals surface area contributed by atoms with Gasteiger partial charge < -0.3 is 44.2 Å². The molecule has 0 saturated heterocycles. The molecule has 0 spiro atoms. The molecule has 2 aromatic heterocycles. The number of aliphatic hydroxyl groups excluding tert-OH is 2. The predicted molar refractivity (Wildman–Crippen MR) is 88.2 cm³/mol. The second-order valence-corrected chi connectivity index (χ2v) is 5.82. The van der Waals surface area contributed by atoms with Crippen LogP contribution >= 0.6 is 0 Å². The number of hydrogen-bond donors (Lipinski definition) is 4. The number of imidazole rings is 2. The van der Waals surface area contributed by atoms with E-state index >= 15 is 0 Å². The fourth-order valence-electron chi connectivity index (χ4n) is 2.97. The van der Waals surface area contributed by atoms with Gasteiger partial charge in [-0.2, -0.15) is 0 Å². The molecule has 8 heteroatoms. The molecule has 0 fully saturated rings. The smallest absolute Gasteiger partial charge is 0.258 e. The number of aromatic amines is 2. The number of nitrogens with one attached hydrogen (secondary N) is 2. The predicted octanol–water partition coefficient (Wildman–Crippen LogP) is -5.91. The van der Waals surface area contributed by atoms with Crippen LogP contribution < -0.4 is 43.1 Å². The summed E-state index contributed by atoms with van der Waals surface area (Å²) >= 11 is 0. The van der Waals surface area contributed by atoms with E-state index in [1.54, 1.807) is 0 Å². The molecule has 0 radical (unpaired) electrons. The van der Waals surface area contributed by atoms with Crippen molar-refractivity contribution in [2.75, 3.05) is 13.2 Å². The third-order valence-corrected chi connectivity index (χ3v) is 4.12. The van der Waals surface area contributed by atoms with Crippen molar-refractivity contribution in [2.24, 2.45) is 0 Å². The van der Waals surface area contributed by atoms with E-state index in [0.29, 0.717) is 13.1 Å². The molecule has 0 aliphatic rings. The maximum atomic E-state index is 9.13. The van der Waals surface area contributed by atoms with Crippen molar-refractivity contribution in [3.8, 4) is 0 Å². The molecule has 0 saturated carbocycles. The van der Waals surface area contributed by atoms with Gasteiger partial charge in [0.25, 0.3) is 11.6 Å². The summed E-state index contributed by atoms with van der Waals surface area (Å²) in [5, 5.41) is 18.3. The van der Waals surface area contributed by atoms with Gasteiger partial charge in [-0.05, 0) is 11.1 Å². The monoisotopic (exact) mass is 486 g/mol. The van der Waals surface area contributed by atoms with Crippen molar-refractivity contribution in [2.45, 2.75) is 25.9 Å². The quantitative estimate of drug-likeness (QED) is 0.239. The minimum atomic E-state index is 0. The minimum absolute atomic E-state index is 0.